The molecule has 3 aromatic rings. The van der Waals surface area contributed by atoms with Crippen LogP contribution < -0.4 is 5.32 Å². The van der Waals surface area contributed by atoms with E-state index in [1.54, 1.807) is 24.3 Å². The quantitative estimate of drug-likeness (QED) is 0.145. The molecule has 212 valence electrons. The number of aryl methyl sites for hydroxylation is 1. The van der Waals surface area contributed by atoms with E-state index in [1.165, 1.54) is 72.8 Å². The second kappa shape index (κ2) is 12.5. The number of fused-ring (bicyclic) bond motifs is 1. The van der Waals surface area contributed by atoms with Crippen molar-refractivity contribution in [3.63, 3.8) is 0 Å². The Kier molecular flexibility index (Phi) is 9.23. The van der Waals surface area contributed by atoms with Gasteiger partial charge in [-0.05, 0) is 107 Å². The molecule has 1 amide bonds. The van der Waals surface area contributed by atoms with E-state index in [-0.39, 0.29) is 22.5 Å². The monoisotopic (exact) mass is 537 g/mol. The molecule has 0 radical (unpaired) electrons. The molecular formula is C37H47NO2. The zero-order valence-electron chi connectivity index (χ0n) is 25.4. The topological polar surface area (TPSA) is 49.3 Å². The second-order valence-electron chi connectivity index (χ2n) is 13.0. The number of carbonyl (C=O) groups is 1. The van der Waals surface area contributed by atoms with Crippen LogP contribution in [0.3, 0.4) is 0 Å². The number of allylic oxidation sites excluding steroid dienone is 1. The van der Waals surface area contributed by atoms with Gasteiger partial charge in [-0.1, -0.05) is 97.1 Å². The van der Waals surface area contributed by atoms with Gasteiger partial charge in [0.1, 0.15) is 5.75 Å². The number of aromatic hydroxyl groups is 1. The summed E-state index contributed by atoms with van der Waals surface area (Å²) in [5, 5.41) is 12.4. The largest absolute Gasteiger partial charge is 0.508 e. The third-order valence-corrected chi connectivity index (χ3v) is 8.49. The molecular weight excluding hydrogens is 490 g/mol. The Morgan fingerprint density at radius 1 is 0.850 bits per heavy atom. The summed E-state index contributed by atoms with van der Waals surface area (Å²) in [6, 6.07) is 19.3. The lowest BCUT2D eigenvalue weighted by atomic mass is 9.82. The van der Waals surface area contributed by atoms with Gasteiger partial charge in [0.25, 0.3) is 5.91 Å². The van der Waals surface area contributed by atoms with Crippen molar-refractivity contribution in [3.8, 4) is 5.75 Å². The first-order valence-corrected chi connectivity index (χ1v) is 15.1. The average molecular weight is 538 g/mol. The summed E-state index contributed by atoms with van der Waals surface area (Å²) in [7, 11) is 0. The number of unbranched alkanes of at least 4 members (excludes halogenated alkanes) is 5. The molecule has 0 unspecified atom stereocenters. The second-order valence-corrected chi connectivity index (χ2v) is 13.0. The molecule has 4 rings (SSSR count). The van der Waals surface area contributed by atoms with Crippen molar-refractivity contribution < 1.29 is 9.90 Å². The van der Waals surface area contributed by atoms with Gasteiger partial charge < -0.3 is 10.4 Å². The Morgan fingerprint density at radius 2 is 1.45 bits per heavy atom. The molecule has 0 aliphatic heterocycles. The number of anilines is 1. The summed E-state index contributed by atoms with van der Waals surface area (Å²) in [4.78, 5) is 12.7. The van der Waals surface area contributed by atoms with Gasteiger partial charge in [-0.3, -0.25) is 4.79 Å². The van der Waals surface area contributed by atoms with Gasteiger partial charge in [-0.15, -0.1) is 0 Å². The standard InChI is InChI=1S/C37H47NO2/c1-7-8-9-10-11-12-13-29-23-33-34(37(5,6)25-36(33,3)4)24-32(29)26(2)22-27-14-16-28(17-15-27)35(40)38-30-18-20-31(39)21-19-30/h14-24,39H,7-13,25H2,1-6H3,(H,38,40). The van der Waals surface area contributed by atoms with E-state index in [4.69, 9.17) is 0 Å². The van der Waals surface area contributed by atoms with Crippen LogP contribution in [-0.2, 0) is 17.3 Å². The number of phenols is 1. The van der Waals surface area contributed by atoms with Gasteiger partial charge in [0.2, 0.25) is 0 Å². The van der Waals surface area contributed by atoms with Crippen LogP contribution in [0.4, 0.5) is 5.69 Å². The van der Waals surface area contributed by atoms with Crippen molar-refractivity contribution in [2.24, 2.45) is 0 Å². The van der Waals surface area contributed by atoms with Gasteiger partial charge in [0, 0.05) is 11.3 Å². The molecule has 0 saturated carbocycles. The SMILES string of the molecule is CCCCCCCCc1cc2c(cc1C(C)=Cc1ccc(C(=O)Nc3ccc(O)cc3)cc1)C(C)(C)CC2(C)C. The fourth-order valence-electron chi connectivity index (χ4n) is 6.54. The summed E-state index contributed by atoms with van der Waals surface area (Å²) in [6.07, 6.45) is 12.4. The highest BCUT2D eigenvalue weighted by atomic mass is 16.3. The van der Waals surface area contributed by atoms with Crippen molar-refractivity contribution in [1.82, 2.24) is 0 Å². The van der Waals surface area contributed by atoms with E-state index in [9.17, 15) is 9.90 Å². The van der Waals surface area contributed by atoms with Crippen LogP contribution in [0.25, 0.3) is 11.6 Å². The number of phenolic OH excluding ortho intramolecular Hbond substituents is 1. The maximum Gasteiger partial charge on any atom is 0.255 e. The van der Waals surface area contributed by atoms with Crippen LogP contribution in [0, 0.1) is 0 Å². The maximum absolute atomic E-state index is 12.7. The lowest BCUT2D eigenvalue weighted by Gasteiger charge is -2.22. The zero-order chi connectivity index (χ0) is 28.9. The van der Waals surface area contributed by atoms with Gasteiger partial charge in [0.15, 0.2) is 0 Å². The number of nitrogens with one attached hydrogen (secondary N) is 1. The average Bonchev–Trinajstić information content (AvgIpc) is 3.09. The van der Waals surface area contributed by atoms with Gasteiger partial charge in [-0.25, -0.2) is 0 Å². The molecule has 2 N–H and O–H groups in total. The summed E-state index contributed by atoms with van der Waals surface area (Å²) in [5.41, 5.74) is 9.84. The van der Waals surface area contributed by atoms with Crippen LogP contribution in [0.5, 0.6) is 5.75 Å². The van der Waals surface area contributed by atoms with Crippen LogP contribution in [0.1, 0.15) is 125 Å². The van der Waals surface area contributed by atoms with Crippen molar-refractivity contribution in [3.05, 3.63) is 94.0 Å². The predicted molar refractivity (Wildman–Crippen MR) is 170 cm³/mol. The number of hydrogen-bond donors (Lipinski definition) is 2. The highest BCUT2D eigenvalue weighted by molar-refractivity contribution is 6.04. The fraction of sp³-hybridized carbons (Fsp3) is 0.432. The molecule has 1 aliphatic carbocycles. The van der Waals surface area contributed by atoms with Crippen molar-refractivity contribution in [1.29, 1.82) is 0 Å². The van der Waals surface area contributed by atoms with Gasteiger partial charge >= 0.3 is 0 Å². The summed E-state index contributed by atoms with van der Waals surface area (Å²) in [6.45, 7) is 14.1. The smallest absolute Gasteiger partial charge is 0.255 e. The molecule has 3 nitrogen and oxygen atoms in total. The number of amides is 1. The van der Waals surface area contributed by atoms with Gasteiger partial charge in [-0.2, -0.15) is 0 Å². The van der Waals surface area contributed by atoms with Crippen LogP contribution in [0.2, 0.25) is 0 Å². The first kappa shape index (κ1) is 29.6. The highest BCUT2D eigenvalue weighted by Crippen LogP contribution is 2.50. The maximum atomic E-state index is 12.7. The van der Waals surface area contributed by atoms with Crippen molar-refractivity contribution in [2.45, 2.75) is 104 Å². The zero-order valence-corrected chi connectivity index (χ0v) is 25.4. The summed E-state index contributed by atoms with van der Waals surface area (Å²) in [5.74, 6) is 0.0120. The van der Waals surface area contributed by atoms with E-state index >= 15 is 0 Å². The Labute approximate surface area is 241 Å². The molecule has 3 heteroatoms. The normalized spacial score (nSPS) is 15.6. The number of benzene rings is 3. The first-order chi connectivity index (χ1) is 19.0. The van der Waals surface area contributed by atoms with E-state index in [2.05, 4.69) is 65.1 Å². The summed E-state index contributed by atoms with van der Waals surface area (Å²) >= 11 is 0. The number of rotatable bonds is 11. The van der Waals surface area contributed by atoms with Gasteiger partial charge in [0.05, 0.1) is 0 Å². The predicted octanol–water partition coefficient (Wildman–Crippen LogP) is 10.1. The minimum atomic E-state index is -0.164. The Hall–Kier alpha value is -3.33. The molecule has 0 heterocycles. The van der Waals surface area contributed by atoms with E-state index in [0.29, 0.717) is 11.3 Å². The van der Waals surface area contributed by atoms with Crippen LogP contribution in [0.15, 0.2) is 60.7 Å². The molecule has 1 aliphatic rings. The van der Waals surface area contributed by atoms with Crippen LogP contribution in [-0.4, -0.2) is 11.0 Å². The third kappa shape index (κ3) is 7.05. The minimum Gasteiger partial charge on any atom is -0.508 e. The lowest BCUT2D eigenvalue weighted by Crippen LogP contribution is -2.18. The molecule has 0 saturated heterocycles. The highest BCUT2D eigenvalue weighted by Gasteiger charge is 2.42. The summed E-state index contributed by atoms with van der Waals surface area (Å²) < 4.78 is 0. The molecule has 0 fully saturated rings. The molecule has 0 spiro atoms. The lowest BCUT2D eigenvalue weighted by molar-refractivity contribution is 0.102. The van der Waals surface area contributed by atoms with E-state index < -0.39 is 0 Å². The Morgan fingerprint density at radius 3 is 2.10 bits per heavy atom. The fourth-order valence-corrected chi connectivity index (χ4v) is 6.54. The molecule has 0 atom stereocenters. The Balaban J connectivity index is 1.57. The number of hydrogen-bond acceptors (Lipinski definition) is 2. The third-order valence-electron chi connectivity index (χ3n) is 8.49. The molecule has 40 heavy (non-hydrogen) atoms. The minimum absolute atomic E-state index is 0.164. The van der Waals surface area contributed by atoms with Crippen molar-refractivity contribution in [2.75, 3.05) is 5.32 Å². The molecule has 0 bridgehead atoms. The van der Waals surface area contributed by atoms with E-state index in [1.807, 2.05) is 24.3 Å². The molecule has 0 aromatic heterocycles. The first-order valence-electron chi connectivity index (χ1n) is 15.1. The van der Waals surface area contributed by atoms with E-state index in [0.717, 1.165) is 12.0 Å². The molecule has 3 aromatic carbocycles. The van der Waals surface area contributed by atoms with Crippen molar-refractivity contribution >= 4 is 23.2 Å². The van der Waals surface area contributed by atoms with Crippen LogP contribution >= 0.6 is 0 Å². The number of carbonyl (C=O) groups excluding carboxylic acids is 1. The Bertz CT molecular complexity index is 1340.